The normalized spacial score (nSPS) is 21.8. The van der Waals surface area contributed by atoms with Crippen molar-refractivity contribution in [3.63, 3.8) is 0 Å². The van der Waals surface area contributed by atoms with E-state index in [1.54, 1.807) is 12.1 Å². The minimum absolute atomic E-state index is 0. The van der Waals surface area contributed by atoms with Gasteiger partial charge in [0, 0.05) is 16.0 Å². The third-order valence-electron chi connectivity index (χ3n) is 3.55. The topological polar surface area (TPSA) is 66.4 Å². The molecule has 0 aromatic heterocycles. The fourth-order valence-corrected chi connectivity index (χ4v) is 3.62. The molecule has 1 unspecified atom stereocenters. The summed E-state index contributed by atoms with van der Waals surface area (Å²) in [6.45, 7) is 0.666. The largest absolute Gasteiger partial charge is 1.00 e. The Balaban J connectivity index is 0.00000133. The number of hydrogen-bond acceptors (Lipinski definition) is 4. The summed E-state index contributed by atoms with van der Waals surface area (Å²) in [5, 5.41) is 1.28. The molecule has 1 atom stereocenters. The molecule has 1 aliphatic heterocycles. The molecule has 1 heterocycles. The van der Waals surface area contributed by atoms with Crippen LogP contribution < -0.4 is 40.0 Å². The summed E-state index contributed by atoms with van der Waals surface area (Å²) in [6, 6.07) is 7.09. The van der Waals surface area contributed by atoms with Gasteiger partial charge in [-0.1, -0.05) is 24.3 Å². The van der Waals surface area contributed by atoms with Gasteiger partial charge in [0.25, 0.3) is 0 Å². The number of rotatable bonds is 1. The molecule has 0 N–H and O–H groups in total. The van der Waals surface area contributed by atoms with Crippen molar-refractivity contribution >= 4 is 20.8 Å². The minimum atomic E-state index is -4.39. The quantitative estimate of drug-likeness (QED) is 0.416. The minimum Gasteiger partial charge on any atom is -0.744 e. The van der Waals surface area contributed by atoms with Crippen LogP contribution in [-0.4, -0.2) is 19.6 Å². The van der Waals surface area contributed by atoms with Crippen molar-refractivity contribution in [2.24, 2.45) is 5.92 Å². The van der Waals surface area contributed by atoms with E-state index in [4.69, 9.17) is 4.74 Å². The van der Waals surface area contributed by atoms with E-state index in [1.165, 1.54) is 0 Å². The van der Waals surface area contributed by atoms with Crippen molar-refractivity contribution in [1.29, 1.82) is 0 Å². The molecule has 3 rings (SSSR count). The van der Waals surface area contributed by atoms with Gasteiger partial charge < -0.3 is 9.29 Å². The van der Waals surface area contributed by atoms with E-state index in [0.717, 1.165) is 23.8 Å². The molecule has 1 aromatic rings. The van der Waals surface area contributed by atoms with Crippen LogP contribution in [0.3, 0.4) is 0 Å². The van der Waals surface area contributed by atoms with Gasteiger partial charge in [-0.05, 0) is 24.5 Å². The van der Waals surface area contributed by atoms with Gasteiger partial charge in [0.05, 0.1) is 6.61 Å². The number of fused-ring (bicyclic) bond motifs is 2. The third-order valence-corrected chi connectivity index (χ3v) is 4.54. The second-order valence-electron chi connectivity index (χ2n) is 4.68. The van der Waals surface area contributed by atoms with E-state index < -0.39 is 10.1 Å². The van der Waals surface area contributed by atoms with Crippen molar-refractivity contribution in [3.8, 4) is 0 Å². The smallest absolute Gasteiger partial charge is 0.744 e. The molecule has 0 amide bonds. The van der Waals surface area contributed by atoms with Crippen molar-refractivity contribution in [3.05, 3.63) is 34.7 Å². The van der Waals surface area contributed by atoms with Crippen molar-refractivity contribution in [1.82, 2.24) is 0 Å². The van der Waals surface area contributed by atoms with Crippen LogP contribution in [0.15, 0.2) is 24.3 Å². The molecule has 0 saturated carbocycles. The van der Waals surface area contributed by atoms with E-state index in [2.05, 4.69) is 0 Å². The van der Waals surface area contributed by atoms with E-state index in [-0.39, 0.29) is 46.8 Å². The predicted molar refractivity (Wildman–Crippen MR) is 65.5 cm³/mol. The molecular weight excluding hydrogens is 275 g/mol. The zero-order chi connectivity index (χ0) is 12.8. The van der Waals surface area contributed by atoms with Crippen LogP contribution >= 0.6 is 0 Å². The Morgan fingerprint density at radius 2 is 1.89 bits per heavy atom. The van der Waals surface area contributed by atoms with Crippen LogP contribution in [0.4, 0.5) is 0 Å². The van der Waals surface area contributed by atoms with Gasteiger partial charge in [-0.3, -0.25) is 0 Å². The van der Waals surface area contributed by atoms with E-state index in [9.17, 15) is 13.0 Å². The molecule has 1 saturated heterocycles. The summed E-state index contributed by atoms with van der Waals surface area (Å²) in [4.78, 5) is 0.0114. The predicted octanol–water partition coefficient (Wildman–Crippen LogP) is -2.72. The number of benzene rings is 1. The second-order valence-corrected chi connectivity index (χ2v) is 6.08. The van der Waals surface area contributed by atoms with E-state index in [0.29, 0.717) is 11.8 Å². The summed E-state index contributed by atoms with van der Waals surface area (Å²) >= 11 is 0. The summed E-state index contributed by atoms with van der Waals surface area (Å²) in [5.41, 5.74) is 0. The molecular formula is C13H13NaO4S. The van der Waals surface area contributed by atoms with Gasteiger partial charge in [-0.15, -0.1) is 0 Å². The second kappa shape index (κ2) is 5.58. The molecule has 96 valence electrons. The first-order valence-electron chi connectivity index (χ1n) is 5.98. The Labute approximate surface area is 134 Å². The van der Waals surface area contributed by atoms with Gasteiger partial charge in [-0.25, -0.2) is 8.42 Å². The van der Waals surface area contributed by atoms with Crippen LogP contribution in [0.25, 0.3) is 10.7 Å². The van der Waals surface area contributed by atoms with Gasteiger partial charge in [0.2, 0.25) is 0 Å². The maximum absolute atomic E-state index is 11.4. The Kier molecular flexibility index (Phi) is 4.42. The average molecular weight is 288 g/mol. The first-order valence-corrected chi connectivity index (χ1v) is 7.39. The Bertz CT molecular complexity index is 708. The van der Waals surface area contributed by atoms with Crippen LogP contribution in [0.1, 0.15) is 19.3 Å². The first kappa shape index (κ1) is 15.1. The molecule has 0 bridgehead atoms. The van der Waals surface area contributed by atoms with Crippen LogP contribution in [0, 0.1) is 5.92 Å². The summed E-state index contributed by atoms with van der Waals surface area (Å²) in [7, 11) is -4.39. The molecule has 4 nitrogen and oxygen atoms in total. The SMILES string of the molecule is O=S(=O)([O-])C1=c2ccccc2=C2OCCCC2C1.[Na+]. The van der Waals surface area contributed by atoms with Gasteiger partial charge in [0.1, 0.15) is 15.9 Å². The van der Waals surface area contributed by atoms with Crippen LogP contribution in [-0.2, 0) is 14.9 Å². The van der Waals surface area contributed by atoms with E-state index >= 15 is 0 Å². The molecule has 1 fully saturated rings. The van der Waals surface area contributed by atoms with E-state index in [1.807, 2.05) is 12.1 Å². The van der Waals surface area contributed by atoms with Crippen molar-refractivity contribution in [2.75, 3.05) is 6.61 Å². The first-order chi connectivity index (χ1) is 8.57. The summed E-state index contributed by atoms with van der Waals surface area (Å²) in [6.07, 6.45) is 2.06. The molecule has 0 radical (unpaired) electrons. The fraction of sp³-hybridized carbons (Fsp3) is 0.385. The monoisotopic (exact) mass is 288 g/mol. The number of hydrogen-bond donors (Lipinski definition) is 0. The Morgan fingerprint density at radius 3 is 2.58 bits per heavy atom. The molecule has 6 heteroatoms. The molecule has 1 aromatic carbocycles. The fourth-order valence-electron chi connectivity index (χ4n) is 2.76. The van der Waals surface area contributed by atoms with Crippen molar-refractivity contribution in [2.45, 2.75) is 19.3 Å². The average Bonchev–Trinajstić information content (AvgIpc) is 2.37. The Morgan fingerprint density at radius 1 is 1.21 bits per heavy atom. The summed E-state index contributed by atoms with van der Waals surface area (Å²) < 4.78 is 39.8. The zero-order valence-corrected chi connectivity index (χ0v) is 13.6. The van der Waals surface area contributed by atoms with Crippen LogP contribution in [0.5, 0.6) is 0 Å². The van der Waals surface area contributed by atoms with Gasteiger partial charge in [-0.2, -0.15) is 0 Å². The molecule has 2 aliphatic rings. The molecule has 1 aliphatic carbocycles. The number of ether oxygens (including phenoxy) is 1. The van der Waals surface area contributed by atoms with Crippen LogP contribution in [0.2, 0.25) is 0 Å². The Hall–Kier alpha value is -0.330. The maximum Gasteiger partial charge on any atom is 1.00 e. The zero-order valence-electron chi connectivity index (χ0n) is 10.8. The van der Waals surface area contributed by atoms with Gasteiger partial charge >= 0.3 is 29.6 Å². The molecule has 19 heavy (non-hydrogen) atoms. The van der Waals surface area contributed by atoms with Gasteiger partial charge in [0.15, 0.2) is 0 Å². The standard InChI is InChI=1S/C13H14O4S.Na/c14-18(15,16)12-8-9-4-3-7-17-13(9)11-6-2-1-5-10(11)12;/h1-2,5-6,9H,3-4,7-8H2,(H,14,15,16);/q;+1/p-1. The molecule has 0 spiro atoms. The van der Waals surface area contributed by atoms with Crippen molar-refractivity contribution < 1.29 is 47.3 Å². The summed E-state index contributed by atoms with van der Waals surface area (Å²) in [5.74, 6) is 0.886. The maximum atomic E-state index is 11.4. The third kappa shape index (κ3) is 2.76.